The van der Waals surface area contributed by atoms with E-state index in [0.29, 0.717) is 4.90 Å². The summed E-state index contributed by atoms with van der Waals surface area (Å²) in [5, 5.41) is -0.0896. The third-order valence-electron chi connectivity index (χ3n) is 8.53. The van der Waals surface area contributed by atoms with E-state index >= 15 is 0 Å². The predicted molar refractivity (Wildman–Crippen MR) is 170 cm³/mol. The second kappa shape index (κ2) is 12.0. The number of nitrogens with zero attached hydrogens (tertiary/aromatic N) is 2. The van der Waals surface area contributed by atoms with Gasteiger partial charge in [-0.05, 0) is 86.1 Å². The van der Waals surface area contributed by atoms with Gasteiger partial charge >= 0.3 is 0 Å². The summed E-state index contributed by atoms with van der Waals surface area (Å²) in [6.07, 6.45) is 0.142. The van der Waals surface area contributed by atoms with Crippen LogP contribution < -0.4 is 4.39 Å². The van der Waals surface area contributed by atoms with Crippen molar-refractivity contribution >= 4 is 24.1 Å². The summed E-state index contributed by atoms with van der Waals surface area (Å²) in [5.74, 6) is 0.191. The first-order chi connectivity index (χ1) is 17.6. The van der Waals surface area contributed by atoms with Gasteiger partial charge in [-0.2, -0.15) is 0 Å². The molecule has 5 nitrogen and oxygen atoms in total. The summed E-state index contributed by atoms with van der Waals surface area (Å²) in [6.45, 7) is 25.8. The molecule has 0 saturated carbocycles. The van der Waals surface area contributed by atoms with Crippen LogP contribution in [0.4, 0.5) is 0 Å². The number of benzene rings is 2. The molecule has 2 aromatic rings. The molecular formula is C32H53N3O2SSi. The van der Waals surface area contributed by atoms with E-state index in [9.17, 15) is 9.00 Å². The zero-order valence-corrected chi connectivity index (χ0v) is 28.8. The highest BCUT2D eigenvalue weighted by Crippen LogP contribution is 2.36. The normalized spacial score (nSPS) is 14.7. The Hall–Kier alpha value is -1.80. The number of hydrogen-bond acceptors (Lipinski definition) is 3. The van der Waals surface area contributed by atoms with Crippen LogP contribution in [0, 0.1) is 6.92 Å². The molecule has 1 amide bonds. The van der Waals surface area contributed by atoms with Crippen molar-refractivity contribution in [3.63, 3.8) is 0 Å². The highest BCUT2D eigenvalue weighted by Gasteiger charge is 2.39. The molecule has 0 aliphatic heterocycles. The first-order valence-corrected chi connectivity index (χ1v) is 18.6. The minimum atomic E-state index is -3.21. The maximum absolute atomic E-state index is 14.8. The maximum atomic E-state index is 14.8. The summed E-state index contributed by atoms with van der Waals surface area (Å²) in [5.41, 5.74) is 5.48. The smallest absolute Gasteiger partial charge is 0.259 e. The van der Waals surface area contributed by atoms with Crippen LogP contribution in [0.5, 0.6) is 0 Å². The van der Waals surface area contributed by atoms with Crippen LogP contribution >= 0.6 is 0 Å². The molecule has 7 heteroatoms. The van der Waals surface area contributed by atoms with Crippen molar-refractivity contribution in [2.45, 2.75) is 116 Å². The molecule has 0 heterocycles. The van der Waals surface area contributed by atoms with Crippen molar-refractivity contribution in [3.05, 3.63) is 64.2 Å². The fourth-order valence-corrected chi connectivity index (χ4v) is 9.98. The molecule has 1 atom stereocenters. The van der Waals surface area contributed by atoms with Gasteiger partial charge in [0.2, 0.25) is 0 Å². The van der Waals surface area contributed by atoms with Crippen molar-refractivity contribution in [2.75, 3.05) is 14.1 Å². The van der Waals surface area contributed by atoms with E-state index in [1.807, 2.05) is 38.4 Å². The fraction of sp³-hybridized carbons (Fsp3) is 0.594. The van der Waals surface area contributed by atoms with Crippen LogP contribution in [-0.4, -0.2) is 37.3 Å². The Labute approximate surface area is 240 Å². The zero-order chi connectivity index (χ0) is 30.1. The van der Waals surface area contributed by atoms with E-state index in [-0.39, 0.29) is 34.7 Å². The lowest BCUT2D eigenvalue weighted by Crippen LogP contribution is -2.54. The number of carbonyl (C=O) groups is 1. The van der Waals surface area contributed by atoms with Crippen molar-refractivity contribution in [3.8, 4) is 0 Å². The zero-order valence-electron chi connectivity index (χ0n) is 26.9. The number of carbonyl (C=O) groups excluding carboxylic acids is 1. The largest absolute Gasteiger partial charge is 0.300 e. The van der Waals surface area contributed by atoms with E-state index in [0.717, 1.165) is 11.1 Å². The molecule has 1 unspecified atom stereocenters. The van der Waals surface area contributed by atoms with Crippen LogP contribution in [0.2, 0.25) is 18.1 Å². The van der Waals surface area contributed by atoms with Gasteiger partial charge in [0, 0.05) is 5.54 Å². The molecule has 39 heavy (non-hydrogen) atoms. The Morgan fingerprint density at radius 3 is 1.79 bits per heavy atom. The highest BCUT2D eigenvalue weighted by atomic mass is 32.2. The van der Waals surface area contributed by atoms with Crippen molar-refractivity contribution in [2.24, 2.45) is 4.36 Å². The number of aryl methyl sites for hydroxylation is 1. The SMILES string of the molecule is Cc1cc(C(C)C)c(CC(=O)N=S(=O)(N[Si](C)(C)C(C)(C)C)c2ccc(C(C)(C)N(C)C)cc2)c(C(C)C)c1. The van der Waals surface area contributed by atoms with Gasteiger partial charge in [0.25, 0.3) is 5.91 Å². The first-order valence-electron chi connectivity index (χ1n) is 14.1. The first kappa shape index (κ1) is 33.4. The molecule has 0 bridgehead atoms. The lowest BCUT2D eigenvalue weighted by atomic mass is 9.85. The minimum Gasteiger partial charge on any atom is -0.300 e. The van der Waals surface area contributed by atoms with Gasteiger partial charge in [0.1, 0.15) is 18.2 Å². The lowest BCUT2D eigenvalue weighted by molar-refractivity contribution is -0.117. The molecule has 0 radical (unpaired) electrons. The van der Waals surface area contributed by atoms with Gasteiger partial charge in [-0.1, -0.05) is 91.4 Å². The predicted octanol–water partition coefficient (Wildman–Crippen LogP) is 8.14. The summed E-state index contributed by atoms with van der Waals surface area (Å²) >= 11 is 0. The van der Waals surface area contributed by atoms with E-state index in [1.54, 1.807) is 0 Å². The third-order valence-corrected chi connectivity index (χ3v) is 16.8. The molecule has 0 aromatic heterocycles. The van der Waals surface area contributed by atoms with Gasteiger partial charge < -0.3 is 4.90 Å². The average Bonchev–Trinajstić information content (AvgIpc) is 2.78. The molecule has 2 rings (SSSR count). The van der Waals surface area contributed by atoms with Crippen molar-refractivity contribution < 1.29 is 9.00 Å². The molecule has 0 saturated heterocycles. The molecule has 0 aliphatic rings. The quantitative estimate of drug-likeness (QED) is 0.309. The second-order valence-corrected chi connectivity index (χ2v) is 21.1. The van der Waals surface area contributed by atoms with E-state index in [2.05, 4.69) is 108 Å². The van der Waals surface area contributed by atoms with Gasteiger partial charge in [0.05, 0.1) is 11.3 Å². The van der Waals surface area contributed by atoms with Gasteiger partial charge in [0.15, 0.2) is 0 Å². The standard InChI is InChI=1S/C32H53N3O2SSi/c1-22(2)27-19-24(5)20-28(23(3)4)29(27)21-30(36)33-38(37,34-39(13,14)31(6,7)8)26-17-15-25(16-18-26)32(9,10)35(11)12/h15-20,22-23H,21H2,1-14H3,(H,33,34,36,37). The van der Waals surface area contributed by atoms with Gasteiger partial charge in [-0.25, -0.2) is 8.60 Å². The van der Waals surface area contributed by atoms with Gasteiger partial charge in [-0.3, -0.25) is 4.79 Å². The van der Waals surface area contributed by atoms with E-state index in [1.165, 1.54) is 16.7 Å². The van der Waals surface area contributed by atoms with Crippen molar-refractivity contribution in [1.82, 2.24) is 9.29 Å². The molecule has 0 aliphatic carbocycles. The van der Waals surface area contributed by atoms with Crippen LogP contribution in [0.25, 0.3) is 0 Å². The molecule has 1 N–H and O–H groups in total. The van der Waals surface area contributed by atoms with E-state index < -0.39 is 18.2 Å². The molecule has 0 spiro atoms. The molecule has 218 valence electrons. The van der Waals surface area contributed by atoms with Crippen LogP contribution in [0.1, 0.15) is 102 Å². The monoisotopic (exact) mass is 571 g/mol. The number of nitrogens with one attached hydrogen (secondary N) is 1. The Balaban J connectivity index is 2.70. The maximum Gasteiger partial charge on any atom is 0.259 e. The lowest BCUT2D eigenvalue weighted by Gasteiger charge is -2.38. The summed E-state index contributed by atoms with van der Waals surface area (Å²) in [6, 6.07) is 12.1. The number of hydrogen-bond donors (Lipinski definition) is 1. The highest BCUT2D eigenvalue weighted by molar-refractivity contribution is 7.93. The second-order valence-electron chi connectivity index (χ2n) is 13.9. The summed E-state index contributed by atoms with van der Waals surface area (Å²) in [4.78, 5) is 16.4. The Morgan fingerprint density at radius 1 is 0.949 bits per heavy atom. The minimum absolute atomic E-state index is 0.0896. The number of rotatable bonds is 9. The number of amides is 1. The summed E-state index contributed by atoms with van der Waals surface area (Å²) < 4.78 is 22.8. The van der Waals surface area contributed by atoms with Gasteiger partial charge in [-0.15, -0.1) is 4.36 Å². The Kier molecular flexibility index (Phi) is 10.3. The molecular weight excluding hydrogens is 519 g/mol. The van der Waals surface area contributed by atoms with Crippen LogP contribution in [-0.2, 0) is 26.7 Å². The fourth-order valence-electron chi connectivity index (χ4n) is 4.37. The van der Waals surface area contributed by atoms with Crippen molar-refractivity contribution in [1.29, 1.82) is 0 Å². The van der Waals surface area contributed by atoms with E-state index in [4.69, 9.17) is 0 Å². The van der Waals surface area contributed by atoms with Crippen LogP contribution in [0.3, 0.4) is 0 Å². The third kappa shape index (κ3) is 7.69. The Morgan fingerprint density at radius 2 is 1.41 bits per heavy atom. The Bertz CT molecular complexity index is 1260. The average molecular weight is 572 g/mol. The molecule has 0 fully saturated rings. The topological polar surface area (TPSA) is 61.8 Å². The summed E-state index contributed by atoms with van der Waals surface area (Å²) in [7, 11) is -1.41. The van der Waals surface area contributed by atoms with Crippen LogP contribution in [0.15, 0.2) is 45.7 Å². The molecule has 2 aromatic carbocycles.